The molecule has 1 heterocycles. The van der Waals surface area contributed by atoms with Crippen molar-refractivity contribution in [2.75, 3.05) is 18.8 Å². The average molecular weight is 203 g/mol. The normalized spacial score (nSPS) is 26.8. The Morgan fingerprint density at radius 2 is 2.00 bits per heavy atom. The fourth-order valence-electron chi connectivity index (χ4n) is 2.10. The standard InChI is InChI=1S/C9H17NO2S/c1-2-7-13(11,12)10-6-5-9(8-10)3-4-9/h2-8H2,1H3. The van der Waals surface area contributed by atoms with Gasteiger partial charge in [0.2, 0.25) is 10.0 Å². The first-order chi connectivity index (χ1) is 6.08. The Labute approximate surface area is 80.2 Å². The topological polar surface area (TPSA) is 37.4 Å². The molecule has 2 fully saturated rings. The van der Waals surface area contributed by atoms with Gasteiger partial charge >= 0.3 is 0 Å². The number of sulfonamides is 1. The quantitative estimate of drug-likeness (QED) is 0.691. The molecule has 0 aromatic carbocycles. The van der Waals surface area contributed by atoms with Crippen molar-refractivity contribution in [2.45, 2.75) is 32.6 Å². The zero-order valence-electron chi connectivity index (χ0n) is 8.12. The molecule has 1 aliphatic heterocycles. The first kappa shape index (κ1) is 9.46. The van der Waals surface area contributed by atoms with E-state index in [0.29, 0.717) is 11.2 Å². The van der Waals surface area contributed by atoms with Gasteiger partial charge in [-0.1, -0.05) is 6.92 Å². The van der Waals surface area contributed by atoms with E-state index in [-0.39, 0.29) is 0 Å². The third-order valence-electron chi connectivity index (χ3n) is 3.22. The first-order valence-electron chi connectivity index (χ1n) is 5.06. The summed E-state index contributed by atoms with van der Waals surface area (Å²) < 4.78 is 25.0. The maximum absolute atomic E-state index is 11.7. The zero-order valence-corrected chi connectivity index (χ0v) is 8.94. The average Bonchev–Trinajstić information content (AvgIpc) is 2.60. The van der Waals surface area contributed by atoms with Crippen LogP contribution in [0, 0.1) is 5.41 Å². The van der Waals surface area contributed by atoms with Crippen molar-refractivity contribution in [3.05, 3.63) is 0 Å². The predicted octanol–water partition coefficient (Wildman–Crippen LogP) is 1.21. The fraction of sp³-hybridized carbons (Fsp3) is 1.00. The van der Waals surface area contributed by atoms with Crippen molar-refractivity contribution < 1.29 is 8.42 Å². The molecule has 2 rings (SSSR count). The van der Waals surface area contributed by atoms with Gasteiger partial charge < -0.3 is 0 Å². The van der Waals surface area contributed by atoms with Crippen molar-refractivity contribution in [3.8, 4) is 0 Å². The summed E-state index contributed by atoms with van der Waals surface area (Å²) in [7, 11) is -2.91. The van der Waals surface area contributed by atoms with E-state index in [1.807, 2.05) is 6.92 Å². The van der Waals surface area contributed by atoms with Crippen LogP contribution in [0.15, 0.2) is 0 Å². The molecule has 3 nitrogen and oxygen atoms in total. The minimum absolute atomic E-state index is 0.322. The van der Waals surface area contributed by atoms with Crippen molar-refractivity contribution in [2.24, 2.45) is 5.41 Å². The molecule has 0 bridgehead atoms. The molecule has 0 unspecified atom stereocenters. The maximum atomic E-state index is 11.7. The van der Waals surface area contributed by atoms with Crippen LogP contribution in [0.4, 0.5) is 0 Å². The van der Waals surface area contributed by atoms with Gasteiger partial charge in [-0.25, -0.2) is 12.7 Å². The fourth-order valence-corrected chi connectivity index (χ4v) is 3.72. The van der Waals surface area contributed by atoms with E-state index < -0.39 is 10.0 Å². The Morgan fingerprint density at radius 3 is 2.46 bits per heavy atom. The Bertz CT molecular complexity index is 293. The van der Waals surface area contributed by atoms with Crippen LogP contribution in [0.2, 0.25) is 0 Å². The minimum atomic E-state index is -2.91. The van der Waals surface area contributed by atoms with E-state index >= 15 is 0 Å². The van der Waals surface area contributed by atoms with Crippen LogP contribution in [-0.4, -0.2) is 31.6 Å². The molecule has 0 aromatic heterocycles. The van der Waals surface area contributed by atoms with E-state index in [9.17, 15) is 8.42 Å². The Kier molecular flexibility index (Phi) is 2.15. The van der Waals surface area contributed by atoms with Crippen LogP contribution in [0.1, 0.15) is 32.6 Å². The molecule has 1 saturated heterocycles. The third-order valence-corrected chi connectivity index (χ3v) is 5.24. The van der Waals surface area contributed by atoms with Gasteiger partial charge in [-0.05, 0) is 31.1 Å². The minimum Gasteiger partial charge on any atom is -0.212 e. The molecule has 0 aromatic rings. The second-order valence-electron chi connectivity index (χ2n) is 4.40. The van der Waals surface area contributed by atoms with Gasteiger partial charge in [-0.15, -0.1) is 0 Å². The smallest absolute Gasteiger partial charge is 0.212 e. The molecule has 1 aliphatic carbocycles. The van der Waals surface area contributed by atoms with Crippen LogP contribution in [0.3, 0.4) is 0 Å². The lowest BCUT2D eigenvalue weighted by atomic mass is 10.1. The number of nitrogens with zero attached hydrogens (tertiary/aromatic N) is 1. The van der Waals surface area contributed by atoms with Gasteiger partial charge in [0.1, 0.15) is 0 Å². The lowest BCUT2D eigenvalue weighted by Gasteiger charge is -2.15. The number of rotatable bonds is 3. The second-order valence-corrected chi connectivity index (χ2v) is 6.49. The lowest BCUT2D eigenvalue weighted by Crippen LogP contribution is -2.31. The van der Waals surface area contributed by atoms with Crippen LogP contribution in [0.5, 0.6) is 0 Å². The highest BCUT2D eigenvalue weighted by molar-refractivity contribution is 7.89. The summed E-state index contributed by atoms with van der Waals surface area (Å²) in [5.41, 5.74) is 0.417. The Morgan fingerprint density at radius 1 is 1.31 bits per heavy atom. The molecule has 76 valence electrons. The summed E-state index contributed by atoms with van der Waals surface area (Å²) in [5.74, 6) is 0.322. The van der Waals surface area contributed by atoms with Gasteiger partial charge in [0.25, 0.3) is 0 Å². The van der Waals surface area contributed by atoms with Crippen molar-refractivity contribution >= 4 is 10.0 Å². The molecule has 0 radical (unpaired) electrons. The summed E-state index contributed by atoms with van der Waals surface area (Å²) >= 11 is 0. The summed E-state index contributed by atoms with van der Waals surface area (Å²) in [6.07, 6.45) is 4.30. The number of hydrogen-bond acceptors (Lipinski definition) is 2. The number of hydrogen-bond donors (Lipinski definition) is 0. The summed E-state index contributed by atoms with van der Waals surface area (Å²) in [6.45, 7) is 3.48. The predicted molar refractivity (Wildman–Crippen MR) is 51.9 cm³/mol. The molecule has 1 saturated carbocycles. The SMILES string of the molecule is CCCS(=O)(=O)N1CCC2(CC2)C1. The first-order valence-corrected chi connectivity index (χ1v) is 6.67. The molecule has 0 atom stereocenters. The van der Waals surface area contributed by atoms with E-state index in [2.05, 4.69) is 0 Å². The lowest BCUT2D eigenvalue weighted by molar-refractivity contribution is 0.450. The van der Waals surface area contributed by atoms with E-state index in [0.717, 1.165) is 25.9 Å². The summed E-state index contributed by atoms with van der Waals surface area (Å²) in [6, 6.07) is 0. The Hall–Kier alpha value is -0.0900. The molecular formula is C9H17NO2S. The van der Waals surface area contributed by atoms with Gasteiger partial charge in [0.15, 0.2) is 0 Å². The molecule has 0 N–H and O–H groups in total. The van der Waals surface area contributed by atoms with Crippen LogP contribution < -0.4 is 0 Å². The molecular weight excluding hydrogens is 186 g/mol. The van der Waals surface area contributed by atoms with Gasteiger partial charge in [0.05, 0.1) is 5.75 Å². The van der Waals surface area contributed by atoms with Crippen LogP contribution >= 0.6 is 0 Å². The zero-order chi connectivity index (χ0) is 9.53. The van der Waals surface area contributed by atoms with E-state index in [4.69, 9.17) is 0 Å². The van der Waals surface area contributed by atoms with Crippen molar-refractivity contribution in [3.63, 3.8) is 0 Å². The summed E-state index contributed by atoms with van der Waals surface area (Å²) in [5, 5.41) is 0. The molecule has 0 amide bonds. The van der Waals surface area contributed by atoms with Gasteiger partial charge in [-0.3, -0.25) is 0 Å². The summed E-state index contributed by atoms with van der Waals surface area (Å²) in [4.78, 5) is 0. The van der Waals surface area contributed by atoms with Crippen molar-refractivity contribution in [1.29, 1.82) is 0 Å². The third kappa shape index (κ3) is 1.74. The Balaban J connectivity index is 2.02. The highest BCUT2D eigenvalue weighted by Gasteiger charge is 2.50. The van der Waals surface area contributed by atoms with E-state index in [1.165, 1.54) is 12.8 Å². The van der Waals surface area contributed by atoms with Crippen LogP contribution in [-0.2, 0) is 10.0 Å². The van der Waals surface area contributed by atoms with Crippen LogP contribution in [0.25, 0.3) is 0 Å². The largest absolute Gasteiger partial charge is 0.214 e. The monoisotopic (exact) mass is 203 g/mol. The highest BCUT2D eigenvalue weighted by atomic mass is 32.2. The van der Waals surface area contributed by atoms with Crippen molar-refractivity contribution in [1.82, 2.24) is 4.31 Å². The highest BCUT2D eigenvalue weighted by Crippen LogP contribution is 2.53. The molecule has 2 aliphatic rings. The van der Waals surface area contributed by atoms with Gasteiger partial charge in [0, 0.05) is 13.1 Å². The van der Waals surface area contributed by atoms with E-state index in [1.54, 1.807) is 4.31 Å². The molecule has 13 heavy (non-hydrogen) atoms. The maximum Gasteiger partial charge on any atom is 0.214 e. The second kappa shape index (κ2) is 2.95. The molecule has 4 heteroatoms. The molecule has 1 spiro atoms. The van der Waals surface area contributed by atoms with Gasteiger partial charge in [-0.2, -0.15) is 0 Å².